The second-order valence-electron chi connectivity index (χ2n) is 4.82. The van der Waals surface area contributed by atoms with Gasteiger partial charge >= 0.3 is 5.97 Å². The van der Waals surface area contributed by atoms with Crippen molar-refractivity contribution in [2.45, 2.75) is 0 Å². The van der Waals surface area contributed by atoms with Crippen molar-refractivity contribution in [3.63, 3.8) is 0 Å². The van der Waals surface area contributed by atoms with Crippen LogP contribution in [0.5, 0.6) is 0 Å². The Hall–Kier alpha value is -3.73. The largest absolute Gasteiger partial charge is 0.478 e. The summed E-state index contributed by atoms with van der Waals surface area (Å²) in [6, 6.07) is 7.15. The van der Waals surface area contributed by atoms with Gasteiger partial charge in [0, 0.05) is 12.4 Å². The molecule has 0 radical (unpaired) electrons. The maximum absolute atomic E-state index is 14.0. The van der Waals surface area contributed by atoms with Crippen LogP contribution in [0.3, 0.4) is 0 Å². The van der Waals surface area contributed by atoms with E-state index in [0.717, 1.165) is 16.9 Å². The highest BCUT2D eigenvalue weighted by Crippen LogP contribution is 2.20. The molecule has 3 rings (SSSR count). The van der Waals surface area contributed by atoms with Crippen LogP contribution in [0.25, 0.3) is 21.8 Å². The minimum absolute atomic E-state index is 0.273. The Labute approximate surface area is 134 Å². The highest BCUT2D eigenvalue weighted by Gasteiger charge is 2.16. The molecule has 0 saturated heterocycles. The number of carboxylic acid groups (broad SMARTS) is 1. The predicted octanol–water partition coefficient (Wildman–Crippen LogP) is 2.62. The second kappa shape index (κ2) is 5.81. The van der Waals surface area contributed by atoms with Crippen LogP contribution in [0.4, 0.5) is 10.1 Å². The molecule has 7 nitrogen and oxygen atoms in total. The van der Waals surface area contributed by atoms with Crippen molar-refractivity contribution in [2.24, 2.45) is 0 Å². The summed E-state index contributed by atoms with van der Waals surface area (Å²) in [4.78, 5) is 30.2. The van der Waals surface area contributed by atoms with E-state index in [1.54, 1.807) is 24.3 Å². The lowest BCUT2D eigenvalue weighted by atomic mass is 10.1. The molecular weight excluding hydrogens is 315 g/mol. The summed E-state index contributed by atoms with van der Waals surface area (Å²) in [5.74, 6) is -2.57. The second-order valence-corrected chi connectivity index (χ2v) is 4.82. The first-order valence-corrected chi connectivity index (χ1v) is 6.69. The lowest BCUT2D eigenvalue weighted by Gasteiger charge is -2.03. The van der Waals surface area contributed by atoms with Crippen molar-refractivity contribution in [1.29, 1.82) is 0 Å². The number of aromatic amines is 1. The zero-order chi connectivity index (χ0) is 17.3. The van der Waals surface area contributed by atoms with Gasteiger partial charge in [0.15, 0.2) is 17.3 Å². The lowest BCUT2D eigenvalue weighted by Crippen LogP contribution is -2.18. The van der Waals surface area contributed by atoms with Gasteiger partial charge in [-0.1, -0.05) is 24.3 Å². The molecule has 0 aliphatic heterocycles. The fraction of sp³-hybridized carbons (Fsp3) is 0. The number of pyridine rings is 1. The fourth-order valence-electron chi connectivity index (χ4n) is 2.16. The zero-order valence-corrected chi connectivity index (χ0v) is 12.0. The molecule has 0 unspecified atom stereocenters. The molecule has 2 aromatic heterocycles. The van der Waals surface area contributed by atoms with Crippen molar-refractivity contribution < 1.29 is 14.3 Å². The normalized spacial score (nSPS) is 10.3. The van der Waals surface area contributed by atoms with E-state index in [0.29, 0.717) is 11.3 Å². The van der Waals surface area contributed by atoms with Gasteiger partial charge in [0.1, 0.15) is 0 Å². The molecule has 1 aromatic carbocycles. The van der Waals surface area contributed by atoms with Crippen LogP contribution in [0.1, 0.15) is 10.4 Å². The number of hydrogen-bond acceptors (Lipinski definition) is 3. The van der Waals surface area contributed by atoms with Gasteiger partial charge in [-0.3, -0.25) is 9.89 Å². The van der Waals surface area contributed by atoms with Crippen molar-refractivity contribution in [3.05, 3.63) is 75.9 Å². The monoisotopic (exact) mass is 324 g/mol. The SMILES string of the molecule is [C-]#[N+]c1ccc(-c2c[nH]n(-c3ncc(C(=O)O)cc3F)c2=O)cc1. The number of carboxylic acids is 1. The molecule has 0 amide bonds. The molecule has 0 saturated carbocycles. The summed E-state index contributed by atoms with van der Waals surface area (Å²) in [7, 11) is 0. The molecule has 2 heterocycles. The maximum Gasteiger partial charge on any atom is 0.337 e. The van der Waals surface area contributed by atoms with Crippen molar-refractivity contribution in [3.8, 4) is 16.9 Å². The minimum atomic E-state index is -1.31. The molecule has 0 aliphatic rings. The lowest BCUT2D eigenvalue weighted by molar-refractivity contribution is 0.0696. The first kappa shape index (κ1) is 15.2. The number of H-pyrrole nitrogens is 1. The molecule has 8 heteroatoms. The third kappa shape index (κ3) is 2.55. The summed E-state index contributed by atoms with van der Waals surface area (Å²) in [5, 5.41) is 11.4. The number of aromatic carboxylic acids is 1. The number of hydrogen-bond donors (Lipinski definition) is 2. The topological polar surface area (TPSA) is 92.3 Å². The average molecular weight is 324 g/mol. The number of halogens is 1. The Balaban J connectivity index is 2.06. The summed E-state index contributed by atoms with van der Waals surface area (Å²) in [5.41, 5.74) is 0.414. The van der Waals surface area contributed by atoms with Gasteiger partial charge in [0.05, 0.1) is 17.7 Å². The summed E-state index contributed by atoms with van der Waals surface area (Å²) < 4.78 is 14.9. The first-order chi connectivity index (χ1) is 11.5. The number of rotatable bonds is 3. The van der Waals surface area contributed by atoms with Crippen LogP contribution in [0.15, 0.2) is 47.5 Å². The number of nitrogens with one attached hydrogen (secondary N) is 1. The predicted molar refractivity (Wildman–Crippen MR) is 82.8 cm³/mol. The zero-order valence-electron chi connectivity index (χ0n) is 12.0. The van der Waals surface area contributed by atoms with Gasteiger partial charge in [-0.25, -0.2) is 19.0 Å². The highest BCUT2D eigenvalue weighted by atomic mass is 19.1. The van der Waals surface area contributed by atoms with E-state index in [4.69, 9.17) is 11.7 Å². The van der Waals surface area contributed by atoms with Crippen LogP contribution >= 0.6 is 0 Å². The van der Waals surface area contributed by atoms with E-state index in [9.17, 15) is 14.0 Å². The third-order valence-corrected chi connectivity index (χ3v) is 3.36. The fourth-order valence-corrected chi connectivity index (χ4v) is 2.16. The Morgan fingerprint density at radius 1 is 1.33 bits per heavy atom. The molecule has 0 spiro atoms. The molecule has 3 aromatic rings. The summed E-state index contributed by atoms with van der Waals surface area (Å²) in [6.45, 7) is 6.91. The summed E-state index contributed by atoms with van der Waals surface area (Å²) >= 11 is 0. The van der Waals surface area contributed by atoms with E-state index in [1.165, 1.54) is 6.20 Å². The molecule has 0 bridgehead atoms. The highest BCUT2D eigenvalue weighted by molar-refractivity contribution is 5.87. The van der Waals surface area contributed by atoms with Crippen molar-refractivity contribution in [1.82, 2.24) is 14.8 Å². The average Bonchev–Trinajstić information content (AvgIpc) is 2.96. The smallest absolute Gasteiger partial charge is 0.337 e. The number of benzene rings is 1. The van der Waals surface area contributed by atoms with E-state index >= 15 is 0 Å². The van der Waals surface area contributed by atoms with Crippen molar-refractivity contribution in [2.75, 3.05) is 0 Å². The quantitative estimate of drug-likeness (QED) is 0.724. The number of aromatic nitrogens is 3. The van der Waals surface area contributed by atoms with Gasteiger partial charge in [0.25, 0.3) is 5.56 Å². The first-order valence-electron chi connectivity index (χ1n) is 6.69. The Kier molecular flexibility index (Phi) is 3.67. The number of nitrogens with zero attached hydrogens (tertiary/aromatic N) is 3. The van der Waals surface area contributed by atoms with Crippen LogP contribution < -0.4 is 5.56 Å². The Morgan fingerprint density at radius 3 is 2.62 bits per heavy atom. The molecule has 0 fully saturated rings. The van der Waals surface area contributed by atoms with Gasteiger partial charge in [0.2, 0.25) is 0 Å². The van der Waals surface area contributed by atoms with E-state index < -0.39 is 17.3 Å². The van der Waals surface area contributed by atoms with Gasteiger partial charge in [-0.2, -0.15) is 4.68 Å². The number of carbonyl (C=O) groups is 1. The van der Waals surface area contributed by atoms with Gasteiger partial charge in [-0.15, -0.1) is 0 Å². The Morgan fingerprint density at radius 2 is 2.04 bits per heavy atom. The van der Waals surface area contributed by atoms with Crippen LogP contribution in [0, 0.1) is 12.4 Å². The van der Waals surface area contributed by atoms with Crippen molar-refractivity contribution >= 4 is 11.7 Å². The van der Waals surface area contributed by atoms with Gasteiger partial charge in [-0.05, 0) is 11.6 Å². The molecule has 2 N–H and O–H groups in total. The summed E-state index contributed by atoms with van der Waals surface area (Å²) in [6.07, 6.45) is 2.36. The van der Waals surface area contributed by atoms with Gasteiger partial charge < -0.3 is 5.11 Å². The Bertz CT molecular complexity index is 1030. The molecular formula is C16H9FN4O3. The van der Waals surface area contributed by atoms with Crippen LogP contribution in [-0.2, 0) is 0 Å². The van der Waals surface area contributed by atoms with E-state index in [-0.39, 0.29) is 16.9 Å². The van der Waals surface area contributed by atoms with Crippen LogP contribution in [-0.4, -0.2) is 25.8 Å². The molecule has 24 heavy (non-hydrogen) atoms. The van der Waals surface area contributed by atoms with Crippen LogP contribution in [0.2, 0.25) is 0 Å². The molecule has 118 valence electrons. The maximum atomic E-state index is 14.0. The standard InChI is InChI=1S/C16H9FN4O3/c1-18-11-4-2-9(3-5-11)12-8-20-21(15(12)22)14-13(17)6-10(7-19-14)16(23)24/h2-8,20H,(H,23,24). The van der Waals surface area contributed by atoms with E-state index in [1.807, 2.05) is 0 Å². The van der Waals surface area contributed by atoms with E-state index in [2.05, 4.69) is 14.9 Å². The minimum Gasteiger partial charge on any atom is -0.478 e. The molecule has 0 aliphatic carbocycles. The third-order valence-electron chi connectivity index (χ3n) is 3.36. The molecule has 0 atom stereocenters.